The second-order valence-electron chi connectivity index (χ2n) is 15.2. The zero-order valence-electron chi connectivity index (χ0n) is 36.0. The molecule has 0 aliphatic carbocycles. The number of hydrogen-bond acceptors (Lipinski definition) is 11. The van der Waals surface area contributed by atoms with Crippen LogP contribution in [0.2, 0.25) is 0 Å². The summed E-state index contributed by atoms with van der Waals surface area (Å²) in [5.74, 6) is -0.143. The Kier molecular flexibility index (Phi) is 22.3. The van der Waals surface area contributed by atoms with Gasteiger partial charge in [0.05, 0.1) is 30.8 Å². The molecule has 1 amide bonds. The number of nitrogens with one attached hydrogen (secondary N) is 1. The van der Waals surface area contributed by atoms with Crippen LogP contribution in [0.1, 0.15) is 115 Å². The second kappa shape index (κ2) is 25.1. The lowest BCUT2D eigenvalue weighted by Crippen LogP contribution is -2.48. The van der Waals surface area contributed by atoms with Gasteiger partial charge in [-0.05, 0) is 99.0 Å². The second-order valence-corrected chi connectivity index (χ2v) is 15.2. The van der Waals surface area contributed by atoms with Gasteiger partial charge in [0.25, 0.3) is 0 Å². The molecule has 0 aromatic carbocycles. The first-order valence-corrected chi connectivity index (χ1v) is 20.7. The molecule has 2 rings (SSSR count). The van der Waals surface area contributed by atoms with Gasteiger partial charge in [0, 0.05) is 38.2 Å². The summed E-state index contributed by atoms with van der Waals surface area (Å²) in [4.78, 5) is 26.5. The van der Waals surface area contributed by atoms with Crippen molar-refractivity contribution in [1.82, 2.24) is 5.32 Å². The molecule has 2 aliphatic heterocycles. The largest absolute Gasteiger partial charge is 0.461 e. The van der Waals surface area contributed by atoms with Crippen molar-refractivity contribution in [2.24, 2.45) is 23.7 Å². The van der Waals surface area contributed by atoms with Crippen molar-refractivity contribution in [1.29, 1.82) is 0 Å². The lowest BCUT2D eigenvalue weighted by molar-refractivity contribution is -0.224. The quantitative estimate of drug-likeness (QED) is 0.0465. The summed E-state index contributed by atoms with van der Waals surface area (Å²) in [5.41, 5.74) is -1.01. The topological polar surface area (TPSA) is 133 Å². The van der Waals surface area contributed by atoms with Gasteiger partial charge in [0.1, 0.15) is 11.7 Å². The van der Waals surface area contributed by atoms with Crippen LogP contribution in [0.3, 0.4) is 0 Å². The Morgan fingerprint density at radius 3 is 2.27 bits per heavy atom. The van der Waals surface area contributed by atoms with Gasteiger partial charge in [-0.15, -0.1) is 6.58 Å². The van der Waals surface area contributed by atoms with Crippen molar-refractivity contribution < 1.29 is 52.2 Å². The lowest BCUT2D eigenvalue weighted by Gasteiger charge is -2.39. The predicted molar refractivity (Wildman–Crippen MR) is 213 cm³/mol. The normalized spacial score (nSPS) is 30.1. The maximum Gasteiger partial charge on any atom is 0.407 e. The van der Waals surface area contributed by atoms with Crippen molar-refractivity contribution in [2.75, 3.05) is 26.4 Å². The number of carbonyl (C=O) groups is 2. The number of ether oxygens (including phenoxy) is 9. The number of epoxide rings is 1. The molecule has 14 unspecified atom stereocenters. The Morgan fingerprint density at radius 2 is 1.64 bits per heavy atom. The van der Waals surface area contributed by atoms with Gasteiger partial charge in [-0.25, -0.2) is 4.79 Å². The summed E-state index contributed by atoms with van der Waals surface area (Å²) in [5, 5.41) is 2.74. The van der Waals surface area contributed by atoms with Crippen LogP contribution in [0.15, 0.2) is 37.0 Å². The molecule has 0 spiro atoms. The molecule has 2 heterocycles. The van der Waals surface area contributed by atoms with Crippen LogP contribution >= 0.6 is 0 Å². The molecule has 0 bridgehead atoms. The third-order valence-electron chi connectivity index (χ3n) is 10.3. The van der Waals surface area contributed by atoms with Crippen LogP contribution in [0.4, 0.5) is 4.79 Å². The average molecular weight is 782 g/mol. The van der Waals surface area contributed by atoms with E-state index in [1.54, 1.807) is 0 Å². The molecule has 1 saturated heterocycles. The molecule has 12 heteroatoms. The first-order valence-electron chi connectivity index (χ1n) is 20.7. The smallest absolute Gasteiger partial charge is 0.407 e. The maximum atomic E-state index is 13.6. The summed E-state index contributed by atoms with van der Waals surface area (Å²) in [6.45, 7) is 29.3. The van der Waals surface area contributed by atoms with Crippen LogP contribution in [0.25, 0.3) is 0 Å². The first kappa shape index (κ1) is 48.8. The number of cyclic esters (lactones) is 1. The first-order chi connectivity index (χ1) is 26.1. The van der Waals surface area contributed by atoms with Crippen LogP contribution < -0.4 is 5.32 Å². The molecule has 0 aromatic heterocycles. The zero-order chi connectivity index (χ0) is 41.1. The summed E-state index contributed by atoms with van der Waals surface area (Å²) in [6.07, 6.45) is 8.84. The maximum absolute atomic E-state index is 13.6. The van der Waals surface area contributed by atoms with Crippen molar-refractivity contribution in [2.45, 2.75) is 176 Å². The third kappa shape index (κ3) is 17.4. The van der Waals surface area contributed by atoms with Crippen LogP contribution in [-0.4, -0.2) is 99.5 Å². The third-order valence-corrected chi connectivity index (χ3v) is 10.3. The van der Waals surface area contributed by atoms with Crippen LogP contribution in [-0.2, 0) is 47.4 Å². The highest BCUT2D eigenvalue weighted by Crippen LogP contribution is 2.38. The summed E-state index contributed by atoms with van der Waals surface area (Å²) in [7, 11) is 0. The van der Waals surface area contributed by atoms with Crippen molar-refractivity contribution >= 4 is 12.1 Å². The molecule has 0 aromatic rings. The molecular formula is C43H75NO11. The van der Waals surface area contributed by atoms with Gasteiger partial charge in [-0.3, -0.25) is 4.79 Å². The Balaban J connectivity index is 2.27. The minimum Gasteiger partial charge on any atom is -0.461 e. The van der Waals surface area contributed by atoms with Crippen LogP contribution in [0, 0.1) is 23.7 Å². The van der Waals surface area contributed by atoms with E-state index in [1.807, 2.05) is 80.5 Å². The van der Waals surface area contributed by atoms with E-state index in [0.717, 1.165) is 6.42 Å². The molecule has 2 aliphatic rings. The van der Waals surface area contributed by atoms with Crippen molar-refractivity contribution in [3.63, 3.8) is 0 Å². The molecule has 0 radical (unpaired) electrons. The van der Waals surface area contributed by atoms with Gasteiger partial charge in [-0.1, -0.05) is 52.0 Å². The average Bonchev–Trinajstić information content (AvgIpc) is 3.88. The molecule has 14 atom stereocenters. The van der Waals surface area contributed by atoms with E-state index in [9.17, 15) is 9.59 Å². The van der Waals surface area contributed by atoms with Gasteiger partial charge in [-0.2, -0.15) is 0 Å². The number of alkyl carbamates (subject to hydrolysis) is 1. The minimum absolute atomic E-state index is 0.0251. The highest BCUT2D eigenvalue weighted by molar-refractivity contribution is 5.70. The van der Waals surface area contributed by atoms with Gasteiger partial charge < -0.3 is 47.9 Å². The molecular weight excluding hydrogens is 706 g/mol. The van der Waals surface area contributed by atoms with E-state index in [4.69, 9.17) is 42.6 Å². The Hall–Kier alpha value is -2.32. The van der Waals surface area contributed by atoms with Gasteiger partial charge in [0.15, 0.2) is 25.0 Å². The molecule has 55 heavy (non-hydrogen) atoms. The highest BCUT2D eigenvalue weighted by Gasteiger charge is 2.46. The molecule has 12 nitrogen and oxygen atoms in total. The van der Waals surface area contributed by atoms with Crippen molar-refractivity contribution in [3.05, 3.63) is 37.0 Å². The van der Waals surface area contributed by atoms with E-state index in [1.165, 1.54) is 0 Å². The van der Waals surface area contributed by atoms with E-state index in [2.05, 4.69) is 44.8 Å². The fourth-order valence-corrected chi connectivity index (χ4v) is 7.30. The Labute approximate surface area is 332 Å². The summed E-state index contributed by atoms with van der Waals surface area (Å²) in [6, 6.07) is 0. The van der Waals surface area contributed by atoms with E-state index >= 15 is 0 Å². The molecule has 1 N–H and O–H groups in total. The van der Waals surface area contributed by atoms with E-state index in [-0.39, 0.29) is 60.7 Å². The Morgan fingerprint density at radius 1 is 0.982 bits per heavy atom. The predicted octanol–water partition coefficient (Wildman–Crippen LogP) is 8.28. The standard InChI is InChI=1S/C43H75NO11/c1-14-36(51-33(11)48-17-4)31(9)41-37(52-41)26-28(6)20-19-21-29(7)40-30(8)22-23-38(53-42(46)44-15-2)43(13,55-34(12)49-18-5)25-24-35(27-39(45)54-40)50-32(10)47-16-3/h14,19-20,22-23,28-38,40-41H,1,15-18,21,24-27H2,2-13H3,(H,44,46). The van der Waals surface area contributed by atoms with Crippen molar-refractivity contribution in [3.8, 4) is 0 Å². The van der Waals surface area contributed by atoms with E-state index < -0.39 is 42.6 Å². The number of rotatable bonds is 23. The fraction of sp³-hybridized carbons (Fsp3) is 0.814. The highest BCUT2D eigenvalue weighted by atomic mass is 16.7. The van der Waals surface area contributed by atoms with Gasteiger partial charge in [0.2, 0.25) is 0 Å². The molecule has 1 fully saturated rings. The zero-order valence-corrected chi connectivity index (χ0v) is 36.0. The summed E-state index contributed by atoms with van der Waals surface area (Å²) >= 11 is 0. The van der Waals surface area contributed by atoms with Crippen LogP contribution in [0.5, 0.6) is 0 Å². The fourth-order valence-electron chi connectivity index (χ4n) is 7.30. The SMILES string of the molecule is C=CC(OC(C)OCC)C(C)C1OC1CC(C)C=CCC(C)C1OC(=O)CC(OC(C)OCC)CCC(C)(OC(C)OCC)C(OC(=O)NCC)C=CC1C. The number of carbonyl (C=O) groups excluding carboxylic acids is 2. The monoisotopic (exact) mass is 782 g/mol. The molecule has 0 saturated carbocycles. The number of esters is 1. The molecule has 318 valence electrons. The van der Waals surface area contributed by atoms with Gasteiger partial charge >= 0.3 is 12.1 Å². The van der Waals surface area contributed by atoms with E-state index in [0.29, 0.717) is 45.6 Å². The lowest BCUT2D eigenvalue weighted by atomic mass is 9.86. The number of hydrogen-bond donors (Lipinski definition) is 1. The summed E-state index contributed by atoms with van der Waals surface area (Å²) < 4.78 is 54.2. The number of amides is 1. The Bertz CT molecular complexity index is 1180. The minimum atomic E-state index is -1.01. The number of allylic oxidation sites excluding steroid dienone is 2.